The monoisotopic (exact) mass is 261 g/mol. The number of fused-ring (bicyclic) bond motifs is 1. The molecule has 0 aromatic carbocycles. The van der Waals surface area contributed by atoms with E-state index in [0.29, 0.717) is 29.4 Å². The zero-order valence-corrected chi connectivity index (χ0v) is 11.2. The second-order valence-electron chi connectivity index (χ2n) is 5.18. The van der Waals surface area contributed by atoms with Gasteiger partial charge in [-0.25, -0.2) is 4.98 Å². The molecular weight excluding hydrogens is 242 g/mol. The average Bonchev–Trinajstić information content (AvgIpc) is 2.97. The Morgan fingerprint density at radius 3 is 3.00 bits per heavy atom. The van der Waals surface area contributed by atoms with Crippen LogP contribution < -0.4 is 16.4 Å². The lowest BCUT2D eigenvalue weighted by Crippen LogP contribution is -2.23. The van der Waals surface area contributed by atoms with Crippen LogP contribution in [0.5, 0.6) is 0 Å². The van der Waals surface area contributed by atoms with E-state index in [2.05, 4.69) is 39.4 Å². The number of nitrogens with one attached hydrogen (secondary N) is 2. The SMILES string of the molecule is CC(C)n1cnc2c(N)nc(NC3CCNC3)nc21. The van der Waals surface area contributed by atoms with Gasteiger partial charge in [0.15, 0.2) is 11.5 Å². The predicted molar refractivity (Wildman–Crippen MR) is 75.0 cm³/mol. The van der Waals surface area contributed by atoms with Crippen molar-refractivity contribution < 1.29 is 0 Å². The van der Waals surface area contributed by atoms with E-state index in [1.165, 1.54) is 0 Å². The quantitative estimate of drug-likeness (QED) is 0.755. The Morgan fingerprint density at radius 2 is 2.32 bits per heavy atom. The van der Waals surface area contributed by atoms with Gasteiger partial charge in [0.1, 0.15) is 5.52 Å². The number of nitrogens with zero attached hydrogens (tertiary/aromatic N) is 4. The number of nitrogen functional groups attached to an aromatic ring is 1. The average molecular weight is 261 g/mol. The van der Waals surface area contributed by atoms with Gasteiger partial charge < -0.3 is 20.9 Å². The molecule has 0 spiro atoms. The van der Waals surface area contributed by atoms with Gasteiger partial charge in [0.05, 0.1) is 6.33 Å². The Kier molecular flexibility index (Phi) is 2.98. The molecule has 7 heteroatoms. The zero-order valence-electron chi connectivity index (χ0n) is 11.2. The zero-order chi connectivity index (χ0) is 13.4. The van der Waals surface area contributed by atoms with Gasteiger partial charge in [-0.05, 0) is 26.8 Å². The van der Waals surface area contributed by atoms with Gasteiger partial charge in [0, 0.05) is 18.6 Å². The van der Waals surface area contributed by atoms with Gasteiger partial charge in [0.25, 0.3) is 0 Å². The summed E-state index contributed by atoms with van der Waals surface area (Å²) in [7, 11) is 0. The summed E-state index contributed by atoms with van der Waals surface area (Å²) in [5, 5.41) is 6.63. The van der Waals surface area contributed by atoms with Crippen LogP contribution in [0.15, 0.2) is 6.33 Å². The van der Waals surface area contributed by atoms with E-state index in [4.69, 9.17) is 5.73 Å². The van der Waals surface area contributed by atoms with Crippen molar-refractivity contribution in [2.45, 2.75) is 32.4 Å². The Hall–Kier alpha value is -1.89. The molecule has 7 nitrogen and oxygen atoms in total. The van der Waals surface area contributed by atoms with Crippen LogP contribution in [0, 0.1) is 0 Å². The number of hydrogen-bond acceptors (Lipinski definition) is 6. The van der Waals surface area contributed by atoms with E-state index >= 15 is 0 Å². The Labute approximate surface area is 111 Å². The summed E-state index contributed by atoms with van der Waals surface area (Å²) in [5.74, 6) is 1.01. The molecule has 1 saturated heterocycles. The number of hydrogen-bond donors (Lipinski definition) is 3. The number of anilines is 2. The molecule has 1 unspecified atom stereocenters. The summed E-state index contributed by atoms with van der Waals surface area (Å²) in [6, 6.07) is 0.660. The number of nitrogens with two attached hydrogens (primary N) is 1. The van der Waals surface area contributed by atoms with Crippen molar-refractivity contribution in [1.29, 1.82) is 0 Å². The lowest BCUT2D eigenvalue weighted by Gasteiger charge is -2.12. The van der Waals surface area contributed by atoms with Crippen molar-refractivity contribution >= 4 is 22.9 Å². The molecule has 4 N–H and O–H groups in total. The largest absolute Gasteiger partial charge is 0.382 e. The fourth-order valence-electron chi connectivity index (χ4n) is 2.34. The Balaban J connectivity index is 1.98. The number of imidazole rings is 1. The maximum atomic E-state index is 5.96. The van der Waals surface area contributed by atoms with Gasteiger partial charge >= 0.3 is 0 Å². The fourth-order valence-corrected chi connectivity index (χ4v) is 2.34. The molecule has 0 aliphatic carbocycles. The van der Waals surface area contributed by atoms with E-state index < -0.39 is 0 Å². The van der Waals surface area contributed by atoms with Gasteiger partial charge in [0.2, 0.25) is 5.95 Å². The third-order valence-corrected chi connectivity index (χ3v) is 3.40. The summed E-state index contributed by atoms with van der Waals surface area (Å²) in [6.07, 6.45) is 2.84. The van der Waals surface area contributed by atoms with Crippen molar-refractivity contribution in [3.8, 4) is 0 Å². The molecule has 2 aromatic heterocycles. The van der Waals surface area contributed by atoms with E-state index in [-0.39, 0.29) is 0 Å². The van der Waals surface area contributed by atoms with Crippen molar-refractivity contribution in [2.24, 2.45) is 0 Å². The molecule has 0 saturated carbocycles. The minimum atomic E-state index is 0.292. The number of rotatable bonds is 3. The minimum Gasteiger partial charge on any atom is -0.382 e. The molecule has 1 atom stereocenters. The van der Waals surface area contributed by atoms with Crippen LogP contribution in [0.1, 0.15) is 26.3 Å². The highest BCUT2D eigenvalue weighted by atomic mass is 15.2. The topological polar surface area (TPSA) is 93.7 Å². The lowest BCUT2D eigenvalue weighted by molar-refractivity contribution is 0.612. The highest BCUT2D eigenvalue weighted by Gasteiger charge is 2.17. The van der Waals surface area contributed by atoms with Crippen molar-refractivity contribution in [2.75, 3.05) is 24.1 Å². The summed E-state index contributed by atoms with van der Waals surface area (Å²) in [6.45, 7) is 6.14. The van der Waals surface area contributed by atoms with Crippen LogP contribution in [-0.4, -0.2) is 38.7 Å². The summed E-state index contributed by atoms with van der Waals surface area (Å²) in [4.78, 5) is 13.1. The van der Waals surface area contributed by atoms with Gasteiger partial charge in [-0.1, -0.05) is 0 Å². The molecule has 102 valence electrons. The summed E-state index contributed by atoms with van der Waals surface area (Å²) >= 11 is 0. The second kappa shape index (κ2) is 4.65. The first-order chi connectivity index (χ1) is 9.15. The first-order valence-electron chi connectivity index (χ1n) is 6.62. The van der Waals surface area contributed by atoms with Crippen LogP contribution in [0.4, 0.5) is 11.8 Å². The third-order valence-electron chi connectivity index (χ3n) is 3.40. The van der Waals surface area contributed by atoms with Crippen molar-refractivity contribution in [3.05, 3.63) is 6.33 Å². The molecule has 0 radical (unpaired) electrons. The standard InChI is InChI=1S/C12H19N7/c1-7(2)19-6-15-9-10(13)17-12(18-11(9)19)16-8-3-4-14-5-8/h6-8,14H,3-5H2,1-2H3,(H3,13,16,17,18). The van der Waals surface area contributed by atoms with Crippen LogP contribution in [0.3, 0.4) is 0 Å². The van der Waals surface area contributed by atoms with E-state index in [1.54, 1.807) is 6.33 Å². The first-order valence-corrected chi connectivity index (χ1v) is 6.62. The molecule has 3 heterocycles. The first kappa shape index (κ1) is 12.2. The number of aromatic nitrogens is 4. The highest BCUT2D eigenvalue weighted by molar-refractivity contribution is 5.82. The molecule has 0 amide bonds. The Morgan fingerprint density at radius 1 is 1.47 bits per heavy atom. The van der Waals surface area contributed by atoms with Crippen LogP contribution in [0.2, 0.25) is 0 Å². The molecule has 1 aliphatic rings. The van der Waals surface area contributed by atoms with Gasteiger partial charge in [-0.2, -0.15) is 9.97 Å². The van der Waals surface area contributed by atoms with Gasteiger partial charge in [-0.3, -0.25) is 0 Å². The molecule has 1 fully saturated rings. The van der Waals surface area contributed by atoms with Gasteiger partial charge in [-0.15, -0.1) is 0 Å². The maximum Gasteiger partial charge on any atom is 0.227 e. The van der Waals surface area contributed by atoms with Crippen LogP contribution in [-0.2, 0) is 0 Å². The van der Waals surface area contributed by atoms with Crippen molar-refractivity contribution in [3.63, 3.8) is 0 Å². The van der Waals surface area contributed by atoms with Crippen LogP contribution in [0.25, 0.3) is 11.2 Å². The molecule has 0 bridgehead atoms. The Bertz CT molecular complexity index is 583. The van der Waals surface area contributed by atoms with E-state index in [0.717, 1.165) is 25.2 Å². The van der Waals surface area contributed by atoms with Crippen molar-refractivity contribution in [1.82, 2.24) is 24.8 Å². The summed E-state index contributed by atoms with van der Waals surface area (Å²) < 4.78 is 2.01. The lowest BCUT2D eigenvalue weighted by atomic mass is 10.3. The molecule has 3 rings (SSSR count). The van der Waals surface area contributed by atoms with E-state index in [9.17, 15) is 0 Å². The molecule has 1 aliphatic heterocycles. The highest BCUT2D eigenvalue weighted by Crippen LogP contribution is 2.21. The molecule has 2 aromatic rings. The molecular formula is C12H19N7. The minimum absolute atomic E-state index is 0.292. The predicted octanol–water partition coefficient (Wildman–Crippen LogP) is 0.763. The summed E-state index contributed by atoms with van der Waals surface area (Å²) in [5.41, 5.74) is 7.42. The van der Waals surface area contributed by atoms with Crippen LogP contribution >= 0.6 is 0 Å². The van der Waals surface area contributed by atoms with E-state index in [1.807, 2.05) is 4.57 Å². The normalized spacial score (nSPS) is 19.4. The third kappa shape index (κ3) is 2.21. The second-order valence-corrected chi connectivity index (χ2v) is 5.18. The smallest absolute Gasteiger partial charge is 0.227 e. The fraction of sp³-hybridized carbons (Fsp3) is 0.583. The molecule has 19 heavy (non-hydrogen) atoms. The maximum absolute atomic E-state index is 5.96.